The topological polar surface area (TPSA) is 90.0 Å². The molecule has 0 saturated carbocycles. The predicted molar refractivity (Wildman–Crippen MR) is 96.9 cm³/mol. The van der Waals surface area contributed by atoms with Crippen molar-refractivity contribution in [1.82, 2.24) is 4.90 Å². The van der Waals surface area contributed by atoms with E-state index in [1.807, 2.05) is 6.92 Å². The lowest BCUT2D eigenvalue weighted by molar-refractivity contribution is 0.0532. The molecule has 0 saturated heterocycles. The first-order valence-corrected chi connectivity index (χ1v) is 9.80. The fraction of sp³-hybridized carbons (Fsp3) is 0.263. The van der Waals surface area contributed by atoms with Gasteiger partial charge < -0.3 is 4.74 Å². The minimum Gasteiger partial charge on any atom is -0.377 e. The molecule has 1 aliphatic rings. The lowest BCUT2D eigenvalue weighted by Crippen LogP contribution is -2.33. The van der Waals surface area contributed by atoms with Crippen LogP contribution in [0.15, 0.2) is 53.4 Å². The molecule has 8 heteroatoms. The van der Waals surface area contributed by atoms with E-state index in [1.54, 1.807) is 36.4 Å². The van der Waals surface area contributed by atoms with Crippen LogP contribution >= 0.6 is 0 Å². The Bertz CT molecular complexity index is 917. The highest BCUT2D eigenvalue weighted by Gasteiger charge is 2.34. The number of fused-ring (bicyclic) bond motifs is 1. The van der Waals surface area contributed by atoms with E-state index in [-0.39, 0.29) is 43.1 Å². The maximum Gasteiger partial charge on any atom is 0.297 e. The molecule has 3 rings (SSSR count). The number of hydrogen-bond acceptors (Lipinski definition) is 6. The lowest BCUT2D eigenvalue weighted by Gasteiger charge is -2.13. The summed E-state index contributed by atoms with van der Waals surface area (Å²) in [6, 6.07) is 13.0. The quantitative estimate of drug-likeness (QED) is 0.390. The van der Waals surface area contributed by atoms with E-state index in [1.165, 1.54) is 12.1 Å². The number of aryl methyl sites for hydroxylation is 1. The summed E-state index contributed by atoms with van der Waals surface area (Å²) < 4.78 is 34.3. The van der Waals surface area contributed by atoms with Gasteiger partial charge in [-0.1, -0.05) is 29.8 Å². The summed E-state index contributed by atoms with van der Waals surface area (Å²) in [5, 5.41) is 0. The van der Waals surface area contributed by atoms with Gasteiger partial charge in [-0.05, 0) is 31.2 Å². The van der Waals surface area contributed by atoms with E-state index in [0.717, 1.165) is 10.5 Å². The summed E-state index contributed by atoms with van der Waals surface area (Å²) in [5.41, 5.74) is 1.72. The third kappa shape index (κ3) is 4.24. The summed E-state index contributed by atoms with van der Waals surface area (Å²) in [5.74, 6) is -0.699. The SMILES string of the molecule is Cc1ccc(S(=O)(=O)OCCOCCN2C(=O)c3ccccc3C2=O)cc1. The van der Waals surface area contributed by atoms with Crippen LogP contribution in [0.25, 0.3) is 0 Å². The van der Waals surface area contributed by atoms with E-state index in [0.29, 0.717) is 11.1 Å². The van der Waals surface area contributed by atoms with Crippen LogP contribution in [0.1, 0.15) is 26.3 Å². The number of nitrogens with zero attached hydrogens (tertiary/aromatic N) is 1. The van der Waals surface area contributed by atoms with Gasteiger partial charge in [-0.3, -0.25) is 18.7 Å². The minimum absolute atomic E-state index is 0.0221. The predicted octanol–water partition coefficient (Wildman–Crippen LogP) is 2.01. The van der Waals surface area contributed by atoms with Crippen molar-refractivity contribution < 1.29 is 26.9 Å². The monoisotopic (exact) mass is 389 g/mol. The number of carbonyl (C=O) groups is 2. The molecular formula is C19H19NO6S. The van der Waals surface area contributed by atoms with Crippen LogP contribution in [0, 0.1) is 6.92 Å². The van der Waals surface area contributed by atoms with Crippen molar-refractivity contribution in [1.29, 1.82) is 0 Å². The van der Waals surface area contributed by atoms with E-state index in [4.69, 9.17) is 8.92 Å². The standard InChI is InChI=1S/C19H19NO6S/c1-14-6-8-15(9-7-14)27(23,24)26-13-12-25-11-10-20-18(21)16-4-2-3-5-17(16)19(20)22/h2-9H,10-13H2,1H3. The third-order valence-corrected chi connectivity index (χ3v) is 5.44. The Morgan fingerprint density at radius 3 is 2.04 bits per heavy atom. The largest absolute Gasteiger partial charge is 0.377 e. The number of hydrogen-bond donors (Lipinski definition) is 0. The molecule has 0 bridgehead atoms. The summed E-state index contributed by atoms with van der Waals surface area (Å²) in [6.07, 6.45) is 0. The molecule has 1 aliphatic heterocycles. The molecule has 0 N–H and O–H groups in total. The maximum atomic E-state index is 12.2. The first-order valence-electron chi connectivity index (χ1n) is 8.39. The molecule has 0 spiro atoms. The van der Waals surface area contributed by atoms with E-state index in [9.17, 15) is 18.0 Å². The smallest absolute Gasteiger partial charge is 0.297 e. The molecule has 0 radical (unpaired) electrons. The van der Waals surface area contributed by atoms with Gasteiger partial charge in [0.25, 0.3) is 21.9 Å². The van der Waals surface area contributed by atoms with Gasteiger partial charge in [0.05, 0.1) is 42.4 Å². The average molecular weight is 389 g/mol. The Balaban J connectivity index is 1.42. The second-order valence-corrected chi connectivity index (χ2v) is 7.62. The maximum absolute atomic E-state index is 12.2. The summed E-state index contributed by atoms with van der Waals surface area (Å²) in [7, 11) is -3.83. The first-order chi connectivity index (χ1) is 12.9. The van der Waals surface area contributed by atoms with Crippen LogP contribution in [0.2, 0.25) is 0 Å². The molecule has 0 aliphatic carbocycles. The van der Waals surface area contributed by atoms with Crippen LogP contribution in [0.3, 0.4) is 0 Å². The molecule has 2 aromatic rings. The summed E-state index contributed by atoms with van der Waals surface area (Å²) in [6.45, 7) is 1.92. The van der Waals surface area contributed by atoms with Crippen LogP contribution in [-0.2, 0) is 19.0 Å². The second kappa shape index (κ2) is 7.99. The molecule has 27 heavy (non-hydrogen) atoms. The van der Waals surface area contributed by atoms with Crippen molar-refractivity contribution in [2.45, 2.75) is 11.8 Å². The second-order valence-electron chi connectivity index (χ2n) is 6.01. The molecule has 0 aromatic heterocycles. The molecular weight excluding hydrogens is 370 g/mol. The lowest BCUT2D eigenvalue weighted by atomic mass is 10.1. The van der Waals surface area contributed by atoms with Gasteiger partial charge in [0, 0.05) is 0 Å². The van der Waals surface area contributed by atoms with Crippen molar-refractivity contribution in [2.75, 3.05) is 26.4 Å². The average Bonchev–Trinajstić information content (AvgIpc) is 2.90. The Morgan fingerprint density at radius 1 is 0.852 bits per heavy atom. The Kier molecular flexibility index (Phi) is 5.69. The molecule has 142 valence electrons. The van der Waals surface area contributed by atoms with Gasteiger partial charge in [-0.15, -0.1) is 0 Å². The van der Waals surface area contributed by atoms with Crippen LogP contribution in [0.4, 0.5) is 0 Å². The van der Waals surface area contributed by atoms with Gasteiger partial charge in [0.15, 0.2) is 0 Å². The number of rotatable bonds is 8. The molecule has 2 amide bonds. The zero-order valence-corrected chi connectivity index (χ0v) is 15.6. The highest BCUT2D eigenvalue weighted by molar-refractivity contribution is 7.86. The van der Waals surface area contributed by atoms with Gasteiger partial charge >= 0.3 is 0 Å². The fourth-order valence-electron chi connectivity index (χ4n) is 2.68. The molecule has 2 aromatic carbocycles. The van der Waals surface area contributed by atoms with E-state index < -0.39 is 10.1 Å². The number of amides is 2. The van der Waals surface area contributed by atoms with Crippen LogP contribution < -0.4 is 0 Å². The normalized spacial score (nSPS) is 13.9. The Morgan fingerprint density at radius 2 is 1.44 bits per heavy atom. The van der Waals surface area contributed by atoms with Gasteiger partial charge in [-0.25, -0.2) is 0 Å². The first kappa shape index (κ1) is 19.2. The van der Waals surface area contributed by atoms with Gasteiger partial charge in [0.2, 0.25) is 0 Å². The third-order valence-electron chi connectivity index (χ3n) is 4.11. The van der Waals surface area contributed by atoms with Crippen LogP contribution in [-0.4, -0.2) is 51.5 Å². The van der Waals surface area contributed by atoms with Gasteiger partial charge in [0.1, 0.15) is 0 Å². The molecule has 0 unspecified atom stereocenters. The van der Waals surface area contributed by atoms with Crippen LogP contribution in [0.5, 0.6) is 0 Å². The number of carbonyl (C=O) groups excluding carboxylic acids is 2. The van der Waals surface area contributed by atoms with E-state index >= 15 is 0 Å². The highest BCUT2D eigenvalue weighted by Crippen LogP contribution is 2.21. The number of imide groups is 1. The summed E-state index contributed by atoms with van der Waals surface area (Å²) >= 11 is 0. The minimum atomic E-state index is -3.83. The van der Waals surface area contributed by atoms with E-state index in [2.05, 4.69) is 0 Å². The summed E-state index contributed by atoms with van der Waals surface area (Å²) in [4.78, 5) is 25.6. The fourth-order valence-corrected chi connectivity index (χ4v) is 3.57. The Labute approximate surface area is 157 Å². The van der Waals surface area contributed by atoms with Crippen molar-refractivity contribution in [3.63, 3.8) is 0 Å². The molecule has 1 heterocycles. The molecule has 0 fully saturated rings. The van der Waals surface area contributed by atoms with Crippen molar-refractivity contribution in [3.05, 3.63) is 65.2 Å². The molecule has 7 nitrogen and oxygen atoms in total. The zero-order chi connectivity index (χ0) is 19.4. The van der Waals surface area contributed by atoms with Crippen molar-refractivity contribution in [2.24, 2.45) is 0 Å². The van der Waals surface area contributed by atoms with Gasteiger partial charge in [-0.2, -0.15) is 8.42 Å². The van der Waals surface area contributed by atoms with Crippen molar-refractivity contribution >= 4 is 21.9 Å². The highest BCUT2D eigenvalue weighted by atomic mass is 32.2. The molecule has 0 atom stereocenters. The number of benzene rings is 2. The number of ether oxygens (including phenoxy) is 1. The Hall–Kier alpha value is -2.55. The van der Waals surface area contributed by atoms with Crippen molar-refractivity contribution in [3.8, 4) is 0 Å². The zero-order valence-electron chi connectivity index (χ0n) is 14.8.